The van der Waals surface area contributed by atoms with Crippen molar-refractivity contribution in [2.75, 3.05) is 0 Å². The van der Waals surface area contributed by atoms with Crippen molar-refractivity contribution >= 4 is 40.3 Å². The Kier molecular flexibility index (Phi) is 5.92. The number of halogens is 7. The number of carbonyl (C=O) groups is 2. The van der Waals surface area contributed by atoms with Crippen LogP contribution in [-0.2, 0) is 14.3 Å². The molecule has 23 heavy (non-hydrogen) atoms. The van der Waals surface area contributed by atoms with Gasteiger partial charge >= 0.3 is 139 Å². The normalized spacial score (nSPS) is 32.3. The van der Waals surface area contributed by atoms with Crippen molar-refractivity contribution in [1.82, 2.24) is 10.6 Å². The summed E-state index contributed by atoms with van der Waals surface area (Å²) in [7, 11) is 0. The Hall–Kier alpha value is -0.672. The van der Waals surface area contributed by atoms with Crippen molar-refractivity contribution in [3.8, 4) is 0 Å². The third-order valence-corrected chi connectivity index (χ3v) is 3.97. The summed E-state index contributed by atoms with van der Waals surface area (Å²) in [5, 5.41) is 3.08. The molecule has 0 aliphatic carbocycles. The molecule has 2 amide bonds. The number of hydrogen-bond donors (Lipinski definition) is 2. The van der Waals surface area contributed by atoms with Gasteiger partial charge in [0.25, 0.3) is 0 Å². The molecule has 0 bridgehead atoms. The minimum atomic E-state index is -5.23. The fraction of sp³-hybridized carbons (Fsp3) is 0.800. The van der Waals surface area contributed by atoms with Crippen molar-refractivity contribution in [2.24, 2.45) is 0 Å². The van der Waals surface area contributed by atoms with E-state index in [1.807, 2.05) is 0 Å². The molecule has 0 aromatic heterocycles. The molecule has 0 radical (unpaired) electrons. The second-order valence-electron chi connectivity index (χ2n) is 4.89. The van der Waals surface area contributed by atoms with E-state index in [0.29, 0.717) is 0 Å². The van der Waals surface area contributed by atoms with Gasteiger partial charge in [-0.05, 0) is 0 Å². The molecule has 134 valence electrons. The zero-order valence-electron chi connectivity index (χ0n) is 11.4. The summed E-state index contributed by atoms with van der Waals surface area (Å²) < 4.78 is 77.7. The van der Waals surface area contributed by atoms with Gasteiger partial charge in [0.15, 0.2) is 0 Å². The van der Waals surface area contributed by atoms with Gasteiger partial charge in [-0.25, -0.2) is 0 Å². The van der Waals surface area contributed by atoms with E-state index in [9.17, 15) is 35.9 Å². The zero-order valence-corrected chi connectivity index (χ0v) is 14.6. The maximum atomic E-state index is 12.3. The number of carbonyl (C=O) groups excluding carboxylic acids is 2. The monoisotopic (exact) mass is 432 g/mol. The molecule has 5 atom stereocenters. The number of alkyl halides is 7. The molecule has 1 fully saturated rings. The molecule has 1 saturated heterocycles. The van der Waals surface area contributed by atoms with E-state index in [2.05, 4.69) is 0 Å². The van der Waals surface area contributed by atoms with Crippen LogP contribution in [0.15, 0.2) is 0 Å². The van der Waals surface area contributed by atoms with Crippen molar-refractivity contribution in [3.05, 3.63) is 0 Å². The van der Waals surface area contributed by atoms with Crippen LogP contribution in [0, 0.1) is 0 Å². The Morgan fingerprint density at radius 2 is 1.57 bits per heavy atom. The van der Waals surface area contributed by atoms with E-state index < -0.39 is 52.6 Å². The molecule has 0 aromatic carbocycles. The first-order valence-corrected chi connectivity index (χ1v) is 7.63. The van der Waals surface area contributed by atoms with Crippen LogP contribution >= 0.6 is 11.6 Å². The molecular formula is C10H12AsClF6N2O3. The molecule has 0 spiro atoms. The number of nitrogens with one attached hydrogen (secondary N) is 2. The Bertz CT molecular complexity index is 484. The standard InChI is InChI=1S/C10H12AsClF6N2O3/c1-3-5(20-7(22)10(16,17)18)4(2-8(11,12)23-3)19-6(21)9(13,14)15/h3-5H,2,11H2,1H3,(H,19,21)(H,20,22). The van der Waals surface area contributed by atoms with Crippen LogP contribution in [-0.4, -0.2) is 63.1 Å². The molecule has 1 aliphatic heterocycles. The molecule has 13 heteroatoms. The van der Waals surface area contributed by atoms with Crippen LogP contribution in [0.4, 0.5) is 26.3 Å². The summed E-state index contributed by atoms with van der Waals surface area (Å²) in [5.41, 5.74) is 0. The molecule has 2 N–H and O–H groups in total. The first-order valence-electron chi connectivity index (χ1n) is 6.04. The van der Waals surface area contributed by atoms with Gasteiger partial charge in [0.1, 0.15) is 0 Å². The minimum absolute atomic E-state index is 0.413. The van der Waals surface area contributed by atoms with Gasteiger partial charge in [0, 0.05) is 0 Å². The summed E-state index contributed by atoms with van der Waals surface area (Å²) in [4.78, 5) is 22.0. The van der Waals surface area contributed by atoms with E-state index in [-0.39, 0.29) is 0 Å². The van der Waals surface area contributed by atoms with Crippen LogP contribution in [0.5, 0.6) is 0 Å². The summed E-state index contributed by atoms with van der Waals surface area (Å²) in [6, 6.07) is -3.01. The number of rotatable bonds is 2. The van der Waals surface area contributed by atoms with Crippen LogP contribution < -0.4 is 10.6 Å². The Morgan fingerprint density at radius 3 is 2.00 bits per heavy atom. The molecule has 5 unspecified atom stereocenters. The van der Waals surface area contributed by atoms with E-state index in [4.69, 9.17) is 16.3 Å². The molecule has 5 nitrogen and oxygen atoms in total. The van der Waals surface area contributed by atoms with Crippen LogP contribution in [0.3, 0.4) is 0 Å². The summed E-state index contributed by atoms with van der Waals surface area (Å²) in [6.45, 7) is 1.23. The average molecular weight is 433 g/mol. The van der Waals surface area contributed by atoms with Gasteiger partial charge in [-0.2, -0.15) is 0 Å². The van der Waals surface area contributed by atoms with E-state index in [0.717, 1.165) is 16.9 Å². The fourth-order valence-electron chi connectivity index (χ4n) is 2.03. The van der Waals surface area contributed by atoms with E-state index in [1.54, 1.807) is 5.32 Å². The van der Waals surface area contributed by atoms with Gasteiger partial charge in [-0.3, -0.25) is 0 Å². The van der Waals surface area contributed by atoms with Crippen molar-refractivity contribution in [2.45, 2.75) is 47.7 Å². The second-order valence-corrected chi connectivity index (χ2v) is 8.25. The molecule has 1 aliphatic rings. The maximum absolute atomic E-state index is 12.3. The average Bonchev–Trinajstić information content (AvgIpc) is 2.29. The third-order valence-electron chi connectivity index (χ3n) is 2.95. The second kappa shape index (κ2) is 6.68. The summed E-state index contributed by atoms with van der Waals surface area (Å²) in [5.74, 6) is -4.70. The molecular weight excluding hydrogens is 420 g/mol. The third kappa shape index (κ3) is 5.72. The number of hydrogen-bond acceptors (Lipinski definition) is 3. The van der Waals surface area contributed by atoms with E-state index in [1.165, 1.54) is 12.2 Å². The number of ether oxygens (including phenoxy) is 1. The topological polar surface area (TPSA) is 67.4 Å². The van der Waals surface area contributed by atoms with Crippen LogP contribution in [0.1, 0.15) is 13.3 Å². The number of amides is 2. The molecule has 1 rings (SSSR count). The van der Waals surface area contributed by atoms with Gasteiger partial charge in [0.05, 0.1) is 0 Å². The Morgan fingerprint density at radius 1 is 1.13 bits per heavy atom. The summed E-state index contributed by atoms with van der Waals surface area (Å²) >= 11 is 6.65. The Labute approximate surface area is 139 Å². The predicted molar refractivity (Wildman–Crippen MR) is 68.3 cm³/mol. The van der Waals surface area contributed by atoms with Gasteiger partial charge in [-0.15, -0.1) is 0 Å². The molecule has 0 saturated carbocycles. The first-order chi connectivity index (χ1) is 10.1. The van der Waals surface area contributed by atoms with Gasteiger partial charge in [0.2, 0.25) is 0 Å². The van der Waals surface area contributed by atoms with Gasteiger partial charge < -0.3 is 0 Å². The first kappa shape index (κ1) is 20.4. The van der Waals surface area contributed by atoms with Crippen LogP contribution in [0.2, 0.25) is 0 Å². The SMILES string of the molecule is CC1OC(Cl)([AsH2])CC(NC(=O)C(F)(F)F)C1NC(=O)C(F)(F)F. The molecule has 0 aromatic rings. The van der Waals surface area contributed by atoms with E-state index >= 15 is 0 Å². The fourth-order valence-corrected chi connectivity index (χ4v) is 3.32. The van der Waals surface area contributed by atoms with Gasteiger partial charge in [-0.1, -0.05) is 0 Å². The quantitative estimate of drug-likeness (QED) is 0.378. The van der Waals surface area contributed by atoms with Crippen molar-refractivity contribution < 1.29 is 40.7 Å². The van der Waals surface area contributed by atoms with Crippen molar-refractivity contribution in [1.29, 1.82) is 0 Å². The molecule has 1 heterocycles. The predicted octanol–water partition coefficient (Wildman–Crippen LogP) is 0.415. The van der Waals surface area contributed by atoms with Crippen molar-refractivity contribution in [3.63, 3.8) is 0 Å². The van der Waals surface area contributed by atoms with Crippen LogP contribution in [0.25, 0.3) is 0 Å². The summed E-state index contributed by atoms with van der Waals surface area (Å²) in [6.07, 6.45) is -12.0. The zero-order chi connectivity index (χ0) is 18.2. The Balaban J connectivity index is 2.98.